The maximum atomic E-state index is 12.4. The predicted octanol–water partition coefficient (Wildman–Crippen LogP) is 4.87. The van der Waals surface area contributed by atoms with Crippen molar-refractivity contribution in [1.82, 2.24) is 9.78 Å². The first kappa shape index (κ1) is 16.6. The summed E-state index contributed by atoms with van der Waals surface area (Å²) in [6, 6.07) is 26.7. The maximum Gasteiger partial charge on any atom is 0.255 e. The Hall–Kier alpha value is -3.86. The molecule has 1 heterocycles. The summed E-state index contributed by atoms with van der Waals surface area (Å²) in [5, 5.41) is 10.4. The summed E-state index contributed by atoms with van der Waals surface area (Å²) in [6.45, 7) is 0. The molecule has 4 rings (SSSR count). The van der Waals surface area contributed by atoms with Gasteiger partial charge in [0.25, 0.3) is 5.91 Å². The topological polar surface area (TPSA) is 59.0 Å². The Labute approximate surface area is 157 Å². The molecule has 1 aromatic heterocycles. The molecule has 0 aliphatic heterocycles. The number of hydrogen-bond donors (Lipinski definition) is 2. The fraction of sp³-hybridized carbons (Fsp3) is 0. The molecule has 0 aliphatic carbocycles. The highest BCUT2D eigenvalue weighted by molar-refractivity contribution is 6.04. The van der Waals surface area contributed by atoms with Crippen molar-refractivity contribution >= 4 is 23.0 Å². The van der Waals surface area contributed by atoms with Gasteiger partial charge in [-0.2, -0.15) is 5.10 Å². The van der Waals surface area contributed by atoms with Crippen molar-refractivity contribution in [2.75, 3.05) is 10.6 Å². The van der Waals surface area contributed by atoms with Crippen molar-refractivity contribution in [3.63, 3.8) is 0 Å². The van der Waals surface area contributed by atoms with Crippen molar-refractivity contribution < 1.29 is 4.79 Å². The fourth-order valence-corrected chi connectivity index (χ4v) is 2.72. The van der Waals surface area contributed by atoms with Crippen molar-refractivity contribution in [2.24, 2.45) is 0 Å². The van der Waals surface area contributed by atoms with Gasteiger partial charge in [0, 0.05) is 35.0 Å². The van der Waals surface area contributed by atoms with E-state index in [0.29, 0.717) is 5.56 Å². The number of nitrogens with zero attached hydrogens (tertiary/aromatic N) is 2. The first-order valence-electron chi connectivity index (χ1n) is 8.61. The van der Waals surface area contributed by atoms with Crippen LogP contribution in [0.1, 0.15) is 10.4 Å². The number of aromatic nitrogens is 2. The molecule has 2 N–H and O–H groups in total. The first-order valence-corrected chi connectivity index (χ1v) is 8.61. The zero-order valence-electron chi connectivity index (χ0n) is 14.5. The average molecular weight is 354 g/mol. The van der Waals surface area contributed by atoms with Crippen LogP contribution in [0.4, 0.5) is 17.1 Å². The summed E-state index contributed by atoms with van der Waals surface area (Å²) in [5.41, 5.74) is 4.23. The van der Waals surface area contributed by atoms with Gasteiger partial charge in [-0.15, -0.1) is 0 Å². The Kier molecular flexibility index (Phi) is 4.66. The number of rotatable bonds is 5. The van der Waals surface area contributed by atoms with Crippen molar-refractivity contribution in [3.05, 3.63) is 103 Å². The number of nitrogens with one attached hydrogen (secondary N) is 2. The second-order valence-corrected chi connectivity index (χ2v) is 6.02. The van der Waals surface area contributed by atoms with E-state index in [1.165, 1.54) is 0 Å². The Balaban J connectivity index is 1.40. The Bertz CT molecular complexity index is 1010. The average Bonchev–Trinajstić information content (AvgIpc) is 3.25. The number of para-hydroxylation sites is 1. The third-order valence-corrected chi connectivity index (χ3v) is 4.10. The molecule has 27 heavy (non-hydrogen) atoms. The van der Waals surface area contributed by atoms with E-state index in [-0.39, 0.29) is 5.91 Å². The van der Waals surface area contributed by atoms with E-state index in [9.17, 15) is 4.79 Å². The molecule has 0 saturated carbocycles. The Morgan fingerprint density at radius 1 is 0.741 bits per heavy atom. The van der Waals surface area contributed by atoms with Gasteiger partial charge in [0.2, 0.25) is 0 Å². The van der Waals surface area contributed by atoms with Gasteiger partial charge in [-0.25, -0.2) is 4.68 Å². The maximum absolute atomic E-state index is 12.4. The number of hydrogen-bond acceptors (Lipinski definition) is 3. The minimum Gasteiger partial charge on any atom is -0.356 e. The van der Waals surface area contributed by atoms with Crippen LogP contribution in [0, 0.1) is 0 Å². The van der Waals surface area contributed by atoms with Gasteiger partial charge in [0.05, 0.1) is 5.69 Å². The van der Waals surface area contributed by atoms with Crippen LogP contribution < -0.4 is 10.6 Å². The monoisotopic (exact) mass is 354 g/mol. The van der Waals surface area contributed by atoms with E-state index in [0.717, 1.165) is 22.7 Å². The normalized spacial score (nSPS) is 10.4. The summed E-state index contributed by atoms with van der Waals surface area (Å²) in [6.07, 6.45) is 3.58. The second kappa shape index (κ2) is 7.58. The summed E-state index contributed by atoms with van der Waals surface area (Å²) in [7, 11) is 0. The molecular weight excluding hydrogens is 336 g/mol. The van der Waals surface area contributed by atoms with Gasteiger partial charge < -0.3 is 10.6 Å². The molecule has 0 bridgehead atoms. The molecule has 5 nitrogen and oxygen atoms in total. The lowest BCUT2D eigenvalue weighted by Crippen LogP contribution is -2.11. The smallest absolute Gasteiger partial charge is 0.255 e. The van der Waals surface area contributed by atoms with Crippen LogP contribution in [0.3, 0.4) is 0 Å². The largest absolute Gasteiger partial charge is 0.356 e. The molecule has 0 aliphatic rings. The number of carbonyl (C=O) groups excluding carboxylic acids is 1. The predicted molar refractivity (Wildman–Crippen MR) is 108 cm³/mol. The van der Waals surface area contributed by atoms with Crippen molar-refractivity contribution in [3.8, 4) is 5.69 Å². The summed E-state index contributed by atoms with van der Waals surface area (Å²) >= 11 is 0. The molecule has 0 fully saturated rings. The molecule has 0 spiro atoms. The van der Waals surface area contributed by atoms with E-state index in [1.54, 1.807) is 23.0 Å². The lowest BCUT2D eigenvalue weighted by Gasteiger charge is -2.09. The molecule has 1 amide bonds. The van der Waals surface area contributed by atoms with Crippen molar-refractivity contribution in [2.45, 2.75) is 0 Å². The third-order valence-electron chi connectivity index (χ3n) is 4.10. The molecule has 0 unspecified atom stereocenters. The van der Waals surface area contributed by atoms with Crippen LogP contribution in [0.25, 0.3) is 5.69 Å². The minimum absolute atomic E-state index is 0.147. The number of amides is 1. The highest BCUT2D eigenvalue weighted by Gasteiger charge is 2.07. The second-order valence-electron chi connectivity index (χ2n) is 6.02. The van der Waals surface area contributed by atoms with Crippen LogP contribution in [0.2, 0.25) is 0 Å². The number of anilines is 3. The van der Waals surface area contributed by atoms with Crippen LogP contribution in [0.5, 0.6) is 0 Å². The lowest BCUT2D eigenvalue weighted by atomic mass is 10.2. The number of carbonyl (C=O) groups is 1. The highest BCUT2D eigenvalue weighted by Crippen LogP contribution is 2.19. The van der Waals surface area contributed by atoms with Gasteiger partial charge in [-0.1, -0.05) is 18.2 Å². The lowest BCUT2D eigenvalue weighted by molar-refractivity contribution is 0.102. The minimum atomic E-state index is -0.147. The van der Waals surface area contributed by atoms with E-state index >= 15 is 0 Å². The van der Waals surface area contributed by atoms with Gasteiger partial charge >= 0.3 is 0 Å². The van der Waals surface area contributed by atoms with E-state index in [4.69, 9.17) is 0 Å². The standard InChI is InChI=1S/C22H18N4O/c27-22(17-7-13-21(14-8-17)26-16-4-15-23-26)25-20-11-9-19(10-12-20)24-18-5-2-1-3-6-18/h1-16,24H,(H,25,27). The molecule has 0 atom stereocenters. The van der Waals surface area contributed by atoms with E-state index in [2.05, 4.69) is 15.7 Å². The molecular formula is C22H18N4O. The summed E-state index contributed by atoms with van der Waals surface area (Å²) in [5.74, 6) is -0.147. The zero-order valence-corrected chi connectivity index (χ0v) is 14.5. The molecule has 132 valence electrons. The van der Waals surface area contributed by atoms with E-state index in [1.807, 2.05) is 79.0 Å². The Morgan fingerprint density at radius 2 is 1.41 bits per heavy atom. The molecule has 0 radical (unpaired) electrons. The van der Waals surface area contributed by atoms with Gasteiger partial charge in [-0.3, -0.25) is 4.79 Å². The summed E-state index contributed by atoms with van der Waals surface area (Å²) in [4.78, 5) is 12.4. The first-order chi connectivity index (χ1) is 13.3. The molecule has 4 aromatic rings. The quantitative estimate of drug-likeness (QED) is 0.538. The third kappa shape index (κ3) is 4.04. The summed E-state index contributed by atoms with van der Waals surface area (Å²) < 4.78 is 1.75. The molecule has 5 heteroatoms. The van der Waals surface area contributed by atoms with Gasteiger partial charge in [0.15, 0.2) is 0 Å². The molecule has 3 aromatic carbocycles. The van der Waals surface area contributed by atoms with Crippen LogP contribution in [-0.2, 0) is 0 Å². The van der Waals surface area contributed by atoms with Gasteiger partial charge in [0.1, 0.15) is 0 Å². The van der Waals surface area contributed by atoms with Crippen LogP contribution >= 0.6 is 0 Å². The zero-order chi connectivity index (χ0) is 18.5. The SMILES string of the molecule is O=C(Nc1ccc(Nc2ccccc2)cc1)c1ccc(-n2cccn2)cc1. The van der Waals surface area contributed by atoms with Crippen molar-refractivity contribution in [1.29, 1.82) is 0 Å². The van der Waals surface area contributed by atoms with Gasteiger partial charge in [-0.05, 0) is 66.7 Å². The van der Waals surface area contributed by atoms with Crippen LogP contribution in [0.15, 0.2) is 97.3 Å². The number of benzene rings is 3. The van der Waals surface area contributed by atoms with Crippen LogP contribution in [-0.4, -0.2) is 15.7 Å². The fourth-order valence-electron chi connectivity index (χ4n) is 2.72. The Morgan fingerprint density at radius 3 is 2.07 bits per heavy atom. The highest BCUT2D eigenvalue weighted by atomic mass is 16.1. The van der Waals surface area contributed by atoms with E-state index < -0.39 is 0 Å². The molecule has 0 saturated heterocycles.